The first-order chi connectivity index (χ1) is 12.4. The van der Waals surface area contributed by atoms with Crippen LogP contribution in [0, 0.1) is 10.1 Å². The third kappa shape index (κ3) is 2.60. The highest BCUT2D eigenvalue weighted by Gasteiger charge is 2.54. The van der Waals surface area contributed by atoms with Crippen LogP contribution in [0.1, 0.15) is 0 Å². The number of benzene rings is 2. The normalized spacial score (nSPS) is 23.9. The largest absolute Gasteiger partial charge is 0.329 e. The number of nitro groups is 1. The summed E-state index contributed by atoms with van der Waals surface area (Å²) in [6.07, 6.45) is 0. The van der Waals surface area contributed by atoms with E-state index in [0.29, 0.717) is 11.4 Å². The number of para-hydroxylation sites is 1. The van der Waals surface area contributed by atoms with Crippen LogP contribution in [0.25, 0.3) is 0 Å². The van der Waals surface area contributed by atoms with Gasteiger partial charge in [0.2, 0.25) is 0 Å². The molecular formula is C17H15N3O5S. The van der Waals surface area contributed by atoms with Crippen LogP contribution in [-0.2, 0) is 9.84 Å². The van der Waals surface area contributed by atoms with E-state index in [2.05, 4.69) is 0 Å². The number of hydrogen-bond donors (Lipinski definition) is 0. The van der Waals surface area contributed by atoms with Gasteiger partial charge in [0.05, 0.1) is 28.5 Å². The molecule has 2 saturated heterocycles. The molecule has 0 N–H and O–H groups in total. The Morgan fingerprint density at radius 3 is 1.88 bits per heavy atom. The molecule has 0 aromatic heterocycles. The van der Waals surface area contributed by atoms with E-state index in [1.165, 1.54) is 34.1 Å². The van der Waals surface area contributed by atoms with Crippen molar-refractivity contribution in [3.8, 4) is 0 Å². The lowest BCUT2D eigenvalue weighted by Crippen LogP contribution is -2.37. The predicted octanol–water partition coefficient (Wildman–Crippen LogP) is 2.21. The zero-order chi connectivity index (χ0) is 18.5. The molecule has 134 valence electrons. The number of amides is 2. The van der Waals surface area contributed by atoms with Gasteiger partial charge in [0.25, 0.3) is 5.69 Å². The van der Waals surface area contributed by atoms with Gasteiger partial charge in [-0.3, -0.25) is 19.9 Å². The fraction of sp³-hybridized carbons (Fsp3) is 0.235. The molecule has 2 aromatic carbocycles. The van der Waals surface area contributed by atoms with Gasteiger partial charge in [-0.15, -0.1) is 0 Å². The quantitative estimate of drug-likeness (QED) is 0.466. The summed E-state index contributed by atoms with van der Waals surface area (Å²) in [5.74, 6) is -0.217. The second-order valence-corrected chi connectivity index (χ2v) is 8.50. The van der Waals surface area contributed by atoms with Crippen LogP contribution in [0.4, 0.5) is 21.9 Å². The molecule has 4 rings (SSSR count). The fourth-order valence-corrected chi connectivity index (χ4v) is 5.55. The van der Waals surface area contributed by atoms with Crippen molar-refractivity contribution in [3.63, 3.8) is 0 Å². The van der Waals surface area contributed by atoms with Crippen molar-refractivity contribution < 1.29 is 18.1 Å². The predicted molar refractivity (Wildman–Crippen MR) is 96.1 cm³/mol. The number of carbonyl (C=O) groups is 1. The SMILES string of the molecule is O=C1N(c2ccccc2)[C@@H]2CS(=O)(=O)C[C@@H]2N1c1ccc([N+](=O)[O-])cc1. The molecule has 2 heterocycles. The highest BCUT2D eigenvalue weighted by molar-refractivity contribution is 7.91. The van der Waals surface area contributed by atoms with E-state index < -0.39 is 26.8 Å². The van der Waals surface area contributed by atoms with Crippen LogP contribution in [-0.4, -0.2) is 43.0 Å². The third-order valence-corrected chi connectivity index (χ3v) is 6.44. The molecular weight excluding hydrogens is 358 g/mol. The lowest BCUT2D eigenvalue weighted by molar-refractivity contribution is -0.384. The average Bonchev–Trinajstić information content (AvgIpc) is 3.04. The first-order valence-corrected chi connectivity index (χ1v) is 9.82. The summed E-state index contributed by atoms with van der Waals surface area (Å²) in [6.45, 7) is 0. The number of carbonyl (C=O) groups excluding carboxylic acids is 1. The molecule has 2 atom stereocenters. The zero-order valence-electron chi connectivity index (χ0n) is 13.6. The Morgan fingerprint density at radius 1 is 0.885 bits per heavy atom. The smallest absolute Gasteiger partial charge is 0.288 e. The van der Waals surface area contributed by atoms with Crippen molar-refractivity contribution in [2.75, 3.05) is 21.3 Å². The van der Waals surface area contributed by atoms with Crippen LogP contribution in [0.15, 0.2) is 54.6 Å². The Balaban J connectivity index is 1.77. The van der Waals surface area contributed by atoms with Crippen LogP contribution in [0.5, 0.6) is 0 Å². The lowest BCUT2D eigenvalue weighted by atomic mass is 10.1. The summed E-state index contributed by atoms with van der Waals surface area (Å²) in [6, 6.07) is 13.2. The maximum atomic E-state index is 13.1. The molecule has 2 aromatic rings. The average molecular weight is 373 g/mol. The number of non-ortho nitro benzene ring substituents is 1. The number of sulfone groups is 1. The van der Waals surface area contributed by atoms with Gasteiger partial charge in [0, 0.05) is 23.5 Å². The van der Waals surface area contributed by atoms with E-state index in [1.807, 2.05) is 6.07 Å². The van der Waals surface area contributed by atoms with Gasteiger partial charge in [0.15, 0.2) is 9.84 Å². The Labute approximate surface area is 149 Å². The second-order valence-electron chi connectivity index (χ2n) is 6.34. The number of urea groups is 1. The standard InChI is InChI=1S/C17H15N3O5S/c21-17-18(12-4-2-1-3-5-12)15-10-26(24,25)11-16(15)19(17)13-6-8-14(9-7-13)20(22)23/h1-9,15-16H,10-11H2/t15-,16+/m1/s1. The van der Waals surface area contributed by atoms with Gasteiger partial charge in [-0.25, -0.2) is 13.2 Å². The van der Waals surface area contributed by atoms with Gasteiger partial charge in [0.1, 0.15) is 0 Å². The molecule has 0 unspecified atom stereocenters. The minimum atomic E-state index is -3.28. The van der Waals surface area contributed by atoms with Crippen molar-refractivity contribution in [2.45, 2.75) is 12.1 Å². The molecule has 2 aliphatic rings. The lowest BCUT2D eigenvalue weighted by Gasteiger charge is -2.22. The summed E-state index contributed by atoms with van der Waals surface area (Å²) in [5, 5.41) is 10.8. The molecule has 8 nitrogen and oxygen atoms in total. The molecule has 2 aliphatic heterocycles. The van der Waals surface area contributed by atoms with E-state index in [-0.39, 0.29) is 23.2 Å². The van der Waals surface area contributed by atoms with Crippen LogP contribution >= 0.6 is 0 Å². The van der Waals surface area contributed by atoms with Gasteiger partial charge in [-0.1, -0.05) is 18.2 Å². The maximum absolute atomic E-state index is 13.1. The van der Waals surface area contributed by atoms with Crippen molar-refractivity contribution >= 4 is 32.9 Å². The molecule has 9 heteroatoms. The maximum Gasteiger partial charge on any atom is 0.329 e. The number of anilines is 2. The Hall–Kier alpha value is -2.94. The highest BCUT2D eigenvalue weighted by Crippen LogP contribution is 2.38. The first kappa shape index (κ1) is 16.5. The zero-order valence-corrected chi connectivity index (χ0v) is 14.4. The van der Waals surface area contributed by atoms with E-state index in [9.17, 15) is 23.3 Å². The second kappa shape index (κ2) is 5.80. The van der Waals surface area contributed by atoms with E-state index in [1.54, 1.807) is 24.3 Å². The number of rotatable bonds is 3. The van der Waals surface area contributed by atoms with E-state index in [4.69, 9.17) is 0 Å². The third-order valence-electron chi connectivity index (χ3n) is 4.74. The van der Waals surface area contributed by atoms with E-state index >= 15 is 0 Å². The van der Waals surface area contributed by atoms with Gasteiger partial charge >= 0.3 is 6.03 Å². The molecule has 0 spiro atoms. The minimum Gasteiger partial charge on any atom is -0.288 e. The molecule has 0 bridgehead atoms. The van der Waals surface area contributed by atoms with Crippen molar-refractivity contribution in [1.82, 2.24) is 0 Å². The Bertz CT molecular complexity index is 975. The Kier molecular flexibility index (Phi) is 3.69. The summed E-state index contributed by atoms with van der Waals surface area (Å²) >= 11 is 0. The summed E-state index contributed by atoms with van der Waals surface area (Å²) in [7, 11) is -3.28. The molecule has 0 aliphatic carbocycles. The number of fused-ring (bicyclic) bond motifs is 1. The van der Waals surface area contributed by atoms with Crippen LogP contribution < -0.4 is 9.80 Å². The first-order valence-electron chi connectivity index (χ1n) is 8.00. The van der Waals surface area contributed by atoms with Crippen molar-refractivity contribution in [2.24, 2.45) is 0 Å². The van der Waals surface area contributed by atoms with E-state index in [0.717, 1.165) is 0 Å². The van der Waals surface area contributed by atoms with Gasteiger partial charge < -0.3 is 0 Å². The summed E-state index contributed by atoms with van der Waals surface area (Å²) in [4.78, 5) is 26.3. The monoisotopic (exact) mass is 373 g/mol. The van der Waals surface area contributed by atoms with Gasteiger partial charge in [-0.05, 0) is 24.3 Å². The van der Waals surface area contributed by atoms with Crippen LogP contribution in [0.2, 0.25) is 0 Å². The van der Waals surface area contributed by atoms with Crippen LogP contribution in [0.3, 0.4) is 0 Å². The number of nitrogens with zero attached hydrogens (tertiary/aromatic N) is 3. The Morgan fingerprint density at radius 2 is 1.38 bits per heavy atom. The van der Waals surface area contributed by atoms with Gasteiger partial charge in [-0.2, -0.15) is 0 Å². The molecule has 2 fully saturated rings. The number of nitro benzene ring substituents is 1. The summed E-state index contributed by atoms with van der Waals surface area (Å²) in [5.41, 5.74) is 0.996. The van der Waals surface area contributed by atoms with Crippen molar-refractivity contribution in [1.29, 1.82) is 0 Å². The topological polar surface area (TPSA) is 101 Å². The van der Waals surface area contributed by atoms with Crippen molar-refractivity contribution in [3.05, 3.63) is 64.7 Å². The molecule has 0 radical (unpaired) electrons. The molecule has 0 saturated carbocycles. The number of hydrogen-bond acceptors (Lipinski definition) is 5. The molecule has 26 heavy (non-hydrogen) atoms. The summed E-state index contributed by atoms with van der Waals surface area (Å²) < 4.78 is 24.4. The highest BCUT2D eigenvalue weighted by atomic mass is 32.2. The fourth-order valence-electron chi connectivity index (χ4n) is 3.63. The minimum absolute atomic E-state index is 0.0871. The molecule has 2 amide bonds.